The fourth-order valence-corrected chi connectivity index (χ4v) is 4.46. The summed E-state index contributed by atoms with van der Waals surface area (Å²) in [5.74, 6) is 0. The van der Waals surface area contributed by atoms with Gasteiger partial charge in [-0.05, 0) is 38.5 Å². The molecule has 1 atom stereocenters. The fourth-order valence-electron chi connectivity index (χ4n) is 2.82. The normalized spacial score (nSPS) is 24.4. The van der Waals surface area contributed by atoms with Gasteiger partial charge in [0.1, 0.15) is 0 Å². The number of unbranched alkanes of at least 4 members (excludes halogenated alkanes) is 1. The lowest BCUT2D eigenvalue weighted by atomic mass is 10.1. The predicted octanol–water partition coefficient (Wildman–Crippen LogP) is 1.74. The molecule has 1 N–H and O–H groups in total. The van der Waals surface area contributed by atoms with Gasteiger partial charge in [0.2, 0.25) is 0 Å². The number of piperidine rings is 1. The molecule has 0 radical (unpaired) electrons. The quantitative estimate of drug-likeness (QED) is 0.521. The van der Waals surface area contributed by atoms with Crippen LogP contribution < -0.4 is 5.32 Å². The van der Waals surface area contributed by atoms with Crippen LogP contribution in [0.1, 0.15) is 44.9 Å². The predicted molar refractivity (Wildman–Crippen MR) is 86.4 cm³/mol. The molecule has 1 saturated heterocycles. The largest absolute Gasteiger partial charge is 0.312 e. The molecule has 2 rings (SSSR count). The van der Waals surface area contributed by atoms with E-state index in [0.717, 1.165) is 38.6 Å². The molecular formula is C15H29N3O2S. The molecule has 122 valence electrons. The Labute approximate surface area is 129 Å². The zero-order valence-corrected chi connectivity index (χ0v) is 13.9. The fraction of sp³-hybridized carbons (Fsp3) is 0.867. The molecule has 0 bridgehead atoms. The molecule has 2 aliphatic rings. The van der Waals surface area contributed by atoms with Gasteiger partial charge >= 0.3 is 0 Å². The first-order valence-electron chi connectivity index (χ1n) is 8.13. The number of nitrogens with zero attached hydrogens (tertiary/aromatic N) is 2. The maximum atomic E-state index is 12.7. The molecule has 2 fully saturated rings. The maximum absolute atomic E-state index is 12.7. The first-order chi connectivity index (χ1) is 10.1. The van der Waals surface area contributed by atoms with Crippen molar-refractivity contribution in [2.24, 2.45) is 0 Å². The lowest BCUT2D eigenvalue weighted by Crippen LogP contribution is -2.53. The SMILES string of the molecule is C=CCCCN(C)S(=O)(=O)N1CCCCC1CNC1CC1. The molecule has 1 unspecified atom stereocenters. The highest BCUT2D eigenvalue weighted by molar-refractivity contribution is 7.86. The molecule has 0 aromatic rings. The van der Waals surface area contributed by atoms with Crippen molar-refractivity contribution in [1.82, 2.24) is 13.9 Å². The first-order valence-corrected chi connectivity index (χ1v) is 9.53. The molecule has 0 amide bonds. The number of nitrogens with one attached hydrogen (secondary N) is 1. The molecular weight excluding hydrogens is 286 g/mol. The van der Waals surface area contributed by atoms with E-state index in [9.17, 15) is 8.42 Å². The molecule has 1 heterocycles. The van der Waals surface area contributed by atoms with Gasteiger partial charge in [-0.2, -0.15) is 17.0 Å². The summed E-state index contributed by atoms with van der Waals surface area (Å²) in [7, 11) is -1.63. The molecule has 1 aliphatic carbocycles. The van der Waals surface area contributed by atoms with Crippen LogP contribution in [0.4, 0.5) is 0 Å². The Balaban J connectivity index is 1.94. The van der Waals surface area contributed by atoms with Gasteiger partial charge in [0.25, 0.3) is 10.2 Å². The number of hydrogen-bond donors (Lipinski definition) is 1. The van der Waals surface area contributed by atoms with E-state index in [1.54, 1.807) is 11.4 Å². The van der Waals surface area contributed by atoms with E-state index in [2.05, 4.69) is 11.9 Å². The average molecular weight is 315 g/mol. The van der Waals surface area contributed by atoms with Crippen LogP contribution in [0.15, 0.2) is 12.7 Å². The van der Waals surface area contributed by atoms with Crippen molar-refractivity contribution in [3.05, 3.63) is 12.7 Å². The van der Waals surface area contributed by atoms with Crippen molar-refractivity contribution in [3.63, 3.8) is 0 Å². The number of hydrogen-bond acceptors (Lipinski definition) is 3. The summed E-state index contributed by atoms with van der Waals surface area (Å²) in [6.45, 7) is 5.70. The van der Waals surface area contributed by atoms with Crippen molar-refractivity contribution in [2.75, 3.05) is 26.7 Å². The lowest BCUT2D eigenvalue weighted by Gasteiger charge is -2.37. The zero-order chi connectivity index (χ0) is 15.3. The number of allylic oxidation sites excluding steroid dienone is 1. The Morgan fingerprint density at radius 1 is 1.33 bits per heavy atom. The molecule has 1 aliphatic heterocycles. The van der Waals surface area contributed by atoms with Crippen LogP contribution in [0.3, 0.4) is 0 Å². The molecule has 0 aromatic carbocycles. The van der Waals surface area contributed by atoms with Gasteiger partial charge in [0.05, 0.1) is 0 Å². The van der Waals surface area contributed by atoms with Gasteiger partial charge in [0.15, 0.2) is 0 Å². The third kappa shape index (κ3) is 4.77. The van der Waals surface area contributed by atoms with Gasteiger partial charge in [-0.25, -0.2) is 0 Å². The summed E-state index contributed by atoms with van der Waals surface area (Å²) in [6.07, 6.45) is 9.07. The maximum Gasteiger partial charge on any atom is 0.282 e. The minimum Gasteiger partial charge on any atom is -0.312 e. The van der Waals surface area contributed by atoms with Crippen LogP contribution in [-0.2, 0) is 10.2 Å². The molecule has 0 spiro atoms. The van der Waals surface area contributed by atoms with Crippen LogP contribution in [0, 0.1) is 0 Å². The van der Waals surface area contributed by atoms with E-state index in [4.69, 9.17) is 0 Å². The lowest BCUT2D eigenvalue weighted by molar-refractivity contribution is 0.230. The highest BCUT2D eigenvalue weighted by Crippen LogP contribution is 2.24. The van der Waals surface area contributed by atoms with E-state index in [0.29, 0.717) is 19.1 Å². The summed E-state index contributed by atoms with van der Waals surface area (Å²) in [5.41, 5.74) is 0. The van der Waals surface area contributed by atoms with Gasteiger partial charge in [-0.1, -0.05) is 12.5 Å². The van der Waals surface area contributed by atoms with E-state index in [1.807, 2.05) is 6.08 Å². The molecule has 0 aromatic heterocycles. The van der Waals surface area contributed by atoms with Crippen molar-refractivity contribution in [3.8, 4) is 0 Å². The molecule has 5 nitrogen and oxygen atoms in total. The summed E-state index contributed by atoms with van der Waals surface area (Å²) in [5, 5.41) is 3.48. The average Bonchev–Trinajstić information content (AvgIpc) is 3.29. The second kappa shape index (κ2) is 7.72. The highest BCUT2D eigenvalue weighted by Gasteiger charge is 2.35. The van der Waals surface area contributed by atoms with Gasteiger partial charge in [-0.15, -0.1) is 6.58 Å². The highest BCUT2D eigenvalue weighted by atomic mass is 32.2. The molecule has 1 saturated carbocycles. The van der Waals surface area contributed by atoms with Gasteiger partial charge in [-0.3, -0.25) is 0 Å². The van der Waals surface area contributed by atoms with Crippen molar-refractivity contribution < 1.29 is 8.42 Å². The topological polar surface area (TPSA) is 52.7 Å². The van der Waals surface area contributed by atoms with Gasteiger partial charge < -0.3 is 5.32 Å². The van der Waals surface area contributed by atoms with Gasteiger partial charge in [0, 0.05) is 38.8 Å². The summed E-state index contributed by atoms with van der Waals surface area (Å²) < 4.78 is 28.7. The van der Waals surface area contributed by atoms with E-state index in [1.165, 1.54) is 17.1 Å². The Morgan fingerprint density at radius 3 is 2.76 bits per heavy atom. The number of rotatable bonds is 9. The van der Waals surface area contributed by atoms with Crippen molar-refractivity contribution in [2.45, 2.75) is 57.0 Å². The third-order valence-electron chi connectivity index (χ3n) is 4.36. The zero-order valence-electron chi connectivity index (χ0n) is 13.1. The summed E-state index contributed by atoms with van der Waals surface area (Å²) >= 11 is 0. The van der Waals surface area contributed by atoms with E-state index in [-0.39, 0.29) is 6.04 Å². The second-order valence-corrected chi connectivity index (χ2v) is 8.19. The third-order valence-corrected chi connectivity index (χ3v) is 6.41. The van der Waals surface area contributed by atoms with Crippen molar-refractivity contribution in [1.29, 1.82) is 0 Å². The Bertz CT molecular complexity index is 434. The second-order valence-electron chi connectivity index (χ2n) is 6.20. The molecule has 21 heavy (non-hydrogen) atoms. The van der Waals surface area contributed by atoms with E-state index < -0.39 is 10.2 Å². The Morgan fingerprint density at radius 2 is 2.10 bits per heavy atom. The van der Waals surface area contributed by atoms with Crippen LogP contribution in [-0.4, -0.2) is 55.8 Å². The van der Waals surface area contributed by atoms with Crippen molar-refractivity contribution >= 4 is 10.2 Å². The van der Waals surface area contributed by atoms with Crippen LogP contribution in [0.2, 0.25) is 0 Å². The van der Waals surface area contributed by atoms with E-state index >= 15 is 0 Å². The first kappa shape index (κ1) is 16.9. The Hall–Kier alpha value is -0.430. The smallest absolute Gasteiger partial charge is 0.282 e. The Kier molecular flexibility index (Phi) is 6.22. The standard InChI is InChI=1S/C15H29N3O2S/c1-3-4-6-11-17(2)21(19,20)18-12-7-5-8-15(18)13-16-14-9-10-14/h3,14-16H,1,4-13H2,2H3. The molecule has 6 heteroatoms. The summed E-state index contributed by atoms with van der Waals surface area (Å²) in [4.78, 5) is 0. The summed E-state index contributed by atoms with van der Waals surface area (Å²) in [6, 6.07) is 0.744. The van der Waals surface area contributed by atoms with Crippen LogP contribution in [0.5, 0.6) is 0 Å². The monoisotopic (exact) mass is 315 g/mol. The van der Waals surface area contributed by atoms with Crippen LogP contribution >= 0.6 is 0 Å². The minimum atomic E-state index is -3.33. The minimum absolute atomic E-state index is 0.117. The van der Waals surface area contributed by atoms with Crippen LogP contribution in [0.25, 0.3) is 0 Å².